The van der Waals surface area contributed by atoms with E-state index in [1.54, 1.807) is 4.90 Å². The van der Waals surface area contributed by atoms with Gasteiger partial charge in [-0.3, -0.25) is 19.7 Å². The molecule has 3 amide bonds. The van der Waals surface area contributed by atoms with Crippen molar-refractivity contribution < 1.29 is 23.6 Å². The van der Waals surface area contributed by atoms with E-state index in [0.717, 1.165) is 95.2 Å². The number of hydrogen-bond acceptors (Lipinski definition) is 8. The number of aromatic nitrogens is 1. The van der Waals surface area contributed by atoms with Crippen molar-refractivity contribution in [3.63, 3.8) is 0 Å². The fraction of sp³-hybridized carbons (Fsp3) is 0.390. The van der Waals surface area contributed by atoms with Gasteiger partial charge in [0.25, 0.3) is 11.4 Å². The maximum Gasteiger partial charge on any atom is 0.258 e. The predicted molar refractivity (Wildman–Crippen MR) is 196 cm³/mol. The SMILES string of the molecule is [C-]#[N+]C1(c2ccc(N(CCCOC3CN(c4ccc5c(c4)CN(C4CCC(=O)NC4=O)C5=O)C3)c3cc(-c4c(C)noc4C)ccc3C)cc2)CC1. The molecule has 4 heterocycles. The average Bonchev–Trinajstić information content (AvgIpc) is 3.76. The third kappa shape index (κ3) is 6.11. The molecule has 4 aliphatic rings. The molecule has 0 bridgehead atoms. The number of fused-ring (bicyclic) bond motifs is 1. The van der Waals surface area contributed by atoms with Gasteiger partial charge in [-0.1, -0.05) is 17.3 Å². The summed E-state index contributed by atoms with van der Waals surface area (Å²) in [5.74, 6) is -0.0528. The number of nitrogens with zero attached hydrogens (tertiary/aromatic N) is 5. The lowest BCUT2D eigenvalue weighted by atomic mass is 10.00. The van der Waals surface area contributed by atoms with Gasteiger partial charge in [-0.05, 0) is 98.8 Å². The van der Waals surface area contributed by atoms with E-state index in [1.165, 1.54) is 0 Å². The zero-order chi connectivity index (χ0) is 36.1. The van der Waals surface area contributed by atoms with E-state index in [-0.39, 0.29) is 29.9 Å². The molecule has 2 saturated heterocycles. The monoisotopic (exact) mass is 698 g/mol. The van der Waals surface area contributed by atoms with Crippen LogP contribution >= 0.6 is 0 Å². The van der Waals surface area contributed by atoms with Crippen LogP contribution in [-0.4, -0.2) is 66.2 Å². The van der Waals surface area contributed by atoms with Gasteiger partial charge in [0, 0.05) is 85.8 Å². The Balaban J connectivity index is 0.910. The first-order valence-electron chi connectivity index (χ1n) is 18.1. The fourth-order valence-electron chi connectivity index (χ4n) is 7.86. The molecule has 1 aromatic heterocycles. The Morgan fingerprint density at radius 2 is 1.83 bits per heavy atom. The van der Waals surface area contributed by atoms with E-state index < -0.39 is 11.9 Å². The van der Waals surface area contributed by atoms with Gasteiger partial charge in [0.2, 0.25) is 11.8 Å². The molecule has 11 heteroatoms. The molecule has 0 spiro atoms. The molecule has 3 aromatic carbocycles. The Hall–Kier alpha value is -5.47. The molecule has 3 fully saturated rings. The third-order valence-electron chi connectivity index (χ3n) is 11.1. The van der Waals surface area contributed by atoms with Crippen LogP contribution < -0.4 is 15.1 Å². The van der Waals surface area contributed by atoms with Gasteiger partial charge in [-0.25, -0.2) is 6.57 Å². The molecule has 1 aliphatic carbocycles. The normalized spacial score (nSPS) is 19.3. The number of aryl methyl sites for hydroxylation is 3. The first kappa shape index (κ1) is 33.7. The van der Waals surface area contributed by atoms with Crippen molar-refractivity contribution in [1.82, 2.24) is 15.4 Å². The second-order valence-electron chi connectivity index (χ2n) is 14.5. The molecular formula is C41H42N6O5. The highest BCUT2D eigenvalue weighted by Gasteiger charge is 2.52. The van der Waals surface area contributed by atoms with Gasteiger partial charge >= 0.3 is 0 Å². The van der Waals surface area contributed by atoms with E-state index in [2.05, 4.69) is 74.5 Å². The highest BCUT2D eigenvalue weighted by molar-refractivity contribution is 6.05. The van der Waals surface area contributed by atoms with Crippen LogP contribution in [0.1, 0.15) is 70.6 Å². The summed E-state index contributed by atoms with van der Waals surface area (Å²) >= 11 is 0. The fourth-order valence-corrected chi connectivity index (χ4v) is 7.86. The largest absolute Gasteiger partial charge is 0.374 e. The lowest BCUT2D eigenvalue weighted by Gasteiger charge is -2.41. The van der Waals surface area contributed by atoms with Crippen LogP contribution in [0.5, 0.6) is 0 Å². The van der Waals surface area contributed by atoms with Crippen LogP contribution in [0.15, 0.2) is 65.2 Å². The van der Waals surface area contributed by atoms with E-state index in [1.807, 2.05) is 32.0 Å². The maximum absolute atomic E-state index is 13.1. The van der Waals surface area contributed by atoms with Crippen molar-refractivity contribution in [3.8, 4) is 11.1 Å². The summed E-state index contributed by atoms with van der Waals surface area (Å²) in [4.78, 5) is 47.3. The van der Waals surface area contributed by atoms with Gasteiger partial charge in [-0.2, -0.15) is 0 Å². The van der Waals surface area contributed by atoms with Gasteiger partial charge < -0.3 is 28.8 Å². The van der Waals surface area contributed by atoms with Crippen LogP contribution in [0.2, 0.25) is 0 Å². The van der Waals surface area contributed by atoms with Crippen molar-refractivity contribution >= 4 is 34.8 Å². The molecule has 0 radical (unpaired) electrons. The first-order valence-corrected chi connectivity index (χ1v) is 18.1. The zero-order valence-corrected chi connectivity index (χ0v) is 29.8. The second-order valence-corrected chi connectivity index (χ2v) is 14.5. The zero-order valence-electron chi connectivity index (χ0n) is 29.8. The molecule has 3 aliphatic heterocycles. The Morgan fingerprint density at radius 3 is 2.52 bits per heavy atom. The second kappa shape index (κ2) is 13.3. The van der Waals surface area contributed by atoms with Gasteiger partial charge in [-0.15, -0.1) is 0 Å². The number of amides is 3. The number of ether oxygens (including phenoxy) is 1. The Morgan fingerprint density at radius 1 is 1.04 bits per heavy atom. The maximum atomic E-state index is 13.1. The van der Waals surface area contributed by atoms with E-state index in [0.29, 0.717) is 25.1 Å². The highest BCUT2D eigenvalue weighted by atomic mass is 16.5. The summed E-state index contributed by atoms with van der Waals surface area (Å²) in [7, 11) is 0. The number of benzene rings is 3. The van der Waals surface area contributed by atoms with Gasteiger partial charge in [0.1, 0.15) is 11.8 Å². The smallest absolute Gasteiger partial charge is 0.258 e. The highest BCUT2D eigenvalue weighted by Crippen LogP contribution is 2.50. The quantitative estimate of drug-likeness (QED) is 0.109. The topological polar surface area (TPSA) is 113 Å². The average molecular weight is 699 g/mol. The number of anilines is 3. The van der Waals surface area contributed by atoms with Crippen LogP contribution in [0.4, 0.5) is 17.1 Å². The van der Waals surface area contributed by atoms with E-state index in [9.17, 15) is 14.4 Å². The lowest BCUT2D eigenvalue weighted by molar-refractivity contribution is -0.136. The molecule has 8 rings (SSSR count). The molecule has 4 aromatic rings. The van der Waals surface area contributed by atoms with Crippen molar-refractivity contribution in [2.75, 3.05) is 36.0 Å². The van der Waals surface area contributed by atoms with Crippen LogP contribution in [0.3, 0.4) is 0 Å². The van der Waals surface area contributed by atoms with Crippen LogP contribution in [-0.2, 0) is 26.4 Å². The standard InChI is InChI=1S/C41H42N6O5/c1-25-6-7-28(38-26(2)44-52-27(38)3)21-36(25)46(31-10-8-30(9-11-31)41(42-4)16-17-41)18-5-19-51-33-23-45(24-33)32-12-13-34-29(20-32)22-47(40(34)50)35-14-15-37(48)43-39(35)49/h6-13,20-21,33,35H,5,14-19,22-24H2,1-3H3,(H,43,48,49). The summed E-state index contributed by atoms with van der Waals surface area (Å²) < 4.78 is 11.8. The number of nitrogens with one attached hydrogen (secondary N) is 1. The summed E-state index contributed by atoms with van der Waals surface area (Å²) in [6, 6.07) is 20.2. The Bertz CT molecular complexity index is 2090. The number of carbonyl (C=O) groups excluding carboxylic acids is 3. The Kier molecular flexibility index (Phi) is 8.58. The molecule has 1 N–H and O–H groups in total. The molecule has 1 saturated carbocycles. The van der Waals surface area contributed by atoms with Crippen molar-refractivity contribution in [2.45, 2.75) is 77.1 Å². The number of hydrogen-bond donors (Lipinski definition) is 1. The van der Waals surface area contributed by atoms with Crippen LogP contribution in [0, 0.1) is 27.3 Å². The number of piperidine rings is 1. The minimum absolute atomic E-state index is 0.107. The molecule has 52 heavy (non-hydrogen) atoms. The number of carbonyl (C=O) groups is 3. The third-order valence-corrected chi connectivity index (χ3v) is 11.1. The number of imide groups is 1. The van der Waals surface area contributed by atoms with Gasteiger partial charge in [0.15, 0.2) is 0 Å². The molecular weight excluding hydrogens is 656 g/mol. The van der Waals surface area contributed by atoms with Crippen LogP contribution in [0.25, 0.3) is 16.0 Å². The van der Waals surface area contributed by atoms with Crippen molar-refractivity contribution in [1.29, 1.82) is 0 Å². The van der Waals surface area contributed by atoms with E-state index in [4.69, 9.17) is 15.8 Å². The molecule has 11 nitrogen and oxygen atoms in total. The summed E-state index contributed by atoms with van der Waals surface area (Å²) in [5, 5.41) is 6.55. The van der Waals surface area contributed by atoms with E-state index >= 15 is 0 Å². The predicted octanol–water partition coefficient (Wildman–Crippen LogP) is 6.37. The summed E-state index contributed by atoms with van der Waals surface area (Å²) in [6.45, 7) is 17.0. The van der Waals surface area contributed by atoms with Crippen molar-refractivity contribution in [2.24, 2.45) is 0 Å². The molecule has 1 atom stereocenters. The number of rotatable bonds is 11. The summed E-state index contributed by atoms with van der Waals surface area (Å²) in [5.41, 5.74) is 9.58. The minimum Gasteiger partial charge on any atom is -0.374 e. The molecule has 266 valence electrons. The summed E-state index contributed by atoms with van der Waals surface area (Å²) in [6.07, 6.45) is 3.35. The molecule has 1 unspecified atom stereocenters. The lowest BCUT2D eigenvalue weighted by Crippen LogP contribution is -2.52. The van der Waals surface area contributed by atoms with Crippen molar-refractivity contribution in [3.05, 3.63) is 106 Å². The first-order chi connectivity index (χ1) is 25.1. The Labute approximate surface area is 303 Å². The van der Waals surface area contributed by atoms with Gasteiger partial charge in [0.05, 0.1) is 11.8 Å². The minimum atomic E-state index is -0.618.